The number of aryl methyl sites for hydroxylation is 2. The van der Waals surface area contributed by atoms with E-state index in [1.165, 1.54) is 5.56 Å². The standard InChI is InChI=1S/C18H24N4O/c1-12(2)20-10-21(16-8-6-7-13(3)9-16)18-19-15(5)14(4)17(23)22(18)11-20/h6-9,12H,10-11H2,1-5H3. The van der Waals surface area contributed by atoms with Gasteiger partial charge in [0.15, 0.2) is 0 Å². The highest BCUT2D eigenvalue weighted by Gasteiger charge is 2.28. The summed E-state index contributed by atoms with van der Waals surface area (Å²) in [5, 5.41) is 0. The van der Waals surface area contributed by atoms with Crippen LogP contribution in [0.15, 0.2) is 29.1 Å². The van der Waals surface area contributed by atoms with Crippen molar-refractivity contribution in [3.05, 3.63) is 51.4 Å². The van der Waals surface area contributed by atoms with Crippen molar-refractivity contribution < 1.29 is 0 Å². The first-order valence-corrected chi connectivity index (χ1v) is 8.04. The molecule has 0 amide bonds. The lowest BCUT2D eigenvalue weighted by Gasteiger charge is -2.40. The summed E-state index contributed by atoms with van der Waals surface area (Å²) in [4.78, 5) is 21.8. The number of benzene rings is 1. The molecule has 0 saturated carbocycles. The van der Waals surface area contributed by atoms with Crippen LogP contribution in [0.2, 0.25) is 0 Å². The fourth-order valence-electron chi connectivity index (χ4n) is 2.87. The molecule has 0 spiro atoms. The van der Waals surface area contributed by atoms with Gasteiger partial charge in [0.1, 0.15) is 0 Å². The van der Waals surface area contributed by atoms with E-state index < -0.39 is 0 Å². The van der Waals surface area contributed by atoms with Gasteiger partial charge in [-0.05, 0) is 52.3 Å². The smallest absolute Gasteiger partial charge is 0.259 e. The third kappa shape index (κ3) is 2.77. The quantitative estimate of drug-likeness (QED) is 0.855. The minimum absolute atomic E-state index is 0.0514. The van der Waals surface area contributed by atoms with Crippen LogP contribution in [0.3, 0.4) is 0 Å². The van der Waals surface area contributed by atoms with Crippen molar-refractivity contribution in [1.29, 1.82) is 0 Å². The molecule has 2 heterocycles. The number of rotatable bonds is 2. The average molecular weight is 312 g/mol. The maximum atomic E-state index is 12.7. The van der Waals surface area contributed by atoms with Gasteiger partial charge in [-0.1, -0.05) is 12.1 Å². The van der Waals surface area contributed by atoms with E-state index in [1.54, 1.807) is 4.57 Å². The summed E-state index contributed by atoms with van der Waals surface area (Å²) in [7, 11) is 0. The predicted octanol–water partition coefficient (Wildman–Crippen LogP) is 2.95. The molecule has 1 aliphatic heterocycles. The van der Waals surface area contributed by atoms with E-state index in [0.29, 0.717) is 12.7 Å². The third-order valence-corrected chi connectivity index (χ3v) is 4.55. The van der Waals surface area contributed by atoms with Crippen LogP contribution in [0.5, 0.6) is 0 Å². The molecule has 0 radical (unpaired) electrons. The molecule has 1 aromatic carbocycles. The topological polar surface area (TPSA) is 41.4 Å². The van der Waals surface area contributed by atoms with Crippen LogP contribution in [-0.4, -0.2) is 27.2 Å². The van der Waals surface area contributed by atoms with Crippen LogP contribution in [0, 0.1) is 20.8 Å². The van der Waals surface area contributed by atoms with Crippen molar-refractivity contribution in [2.24, 2.45) is 0 Å². The van der Waals surface area contributed by atoms with E-state index in [0.717, 1.165) is 29.6 Å². The highest BCUT2D eigenvalue weighted by Crippen LogP contribution is 2.28. The van der Waals surface area contributed by atoms with Gasteiger partial charge in [0.2, 0.25) is 5.95 Å². The van der Waals surface area contributed by atoms with Crippen molar-refractivity contribution in [2.45, 2.75) is 47.3 Å². The zero-order valence-corrected chi connectivity index (χ0v) is 14.5. The van der Waals surface area contributed by atoms with Gasteiger partial charge in [0.05, 0.1) is 13.3 Å². The highest BCUT2D eigenvalue weighted by molar-refractivity contribution is 5.59. The van der Waals surface area contributed by atoms with Crippen molar-refractivity contribution >= 4 is 11.6 Å². The molecule has 1 aliphatic rings. The molecule has 3 rings (SSSR count). The second-order valence-electron chi connectivity index (χ2n) is 6.59. The van der Waals surface area contributed by atoms with Crippen LogP contribution < -0.4 is 10.5 Å². The number of nitrogens with zero attached hydrogens (tertiary/aromatic N) is 4. The van der Waals surface area contributed by atoms with Gasteiger partial charge >= 0.3 is 0 Å². The van der Waals surface area contributed by atoms with E-state index in [-0.39, 0.29) is 5.56 Å². The summed E-state index contributed by atoms with van der Waals surface area (Å²) in [6.07, 6.45) is 0. The summed E-state index contributed by atoms with van der Waals surface area (Å²) >= 11 is 0. The molecule has 0 unspecified atom stereocenters. The van der Waals surface area contributed by atoms with Gasteiger partial charge in [-0.25, -0.2) is 4.98 Å². The number of anilines is 2. The van der Waals surface area contributed by atoms with E-state index in [4.69, 9.17) is 4.98 Å². The zero-order valence-electron chi connectivity index (χ0n) is 14.5. The minimum Gasteiger partial charge on any atom is -0.298 e. The van der Waals surface area contributed by atoms with Crippen molar-refractivity contribution in [3.63, 3.8) is 0 Å². The molecule has 5 heteroatoms. The summed E-state index contributed by atoms with van der Waals surface area (Å²) in [6, 6.07) is 8.68. The number of aromatic nitrogens is 2. The molecule has 0 fully saturated rings. The summed E-state index contributed by atoms with van der Waals surface area (Å²) < 4.78 is 1.79. The highest BCUT2D eigenvalue weighted by atomic mass is 16.1. The lowest BCUT2D eigenvalue weighted by molar-refractivity contribution is 0.156. The summed E-state index contributed by atoms with van der Waals surface area (Å²) in [6.45, 7) is 11.5. The molecule has 122 valence electrons. The Hall–Kier alpha value is -2.14. The third-order valence-electron chi connectivity index (χ3n) is 4.55. The summed E-state index contributed by atoms with van der Waals surface area (Å²) in [5.74, 6) is 0.737. The maximum absolute atomic E-state index is 12.7. The number of hydrogen-bond donors (Lipinski definition) is 0. The molecular formula is C18H24N4O. The van der Waals surface area contributed by atoms with Crippen LogP contribution in [0.25, 0.3) is 0 Å². The maximum Gasteiger partial charge on any atom is 0.259 e. The Morgan fingerprint density at radius 3 is 2.52 bits per heavy atom. The van der Waals surface area contributed by atoms with E-state index in [2.05, 4.69) is 48.8 Å². The fourth-order valence-corrected chi connectivity index (χ4v) is 2.87. The average Bonchev–Trinajstić information content (AvgIpc) is 2.52. The van der Waals surface area contributed by atoms with Gasteiger partial charge in [0, 0.05) is 23.0 Å². The second kappa shape index (κ2) is 5.81. The van der Waals surface area contributed by atoms with Crippen LogP contribution >= 0.6 is 0 Å². The monoisotopic (exact) mass is 312 g/mol. The molecule has 0 atom stereocenters. The van der Waals surface area contributed by atoms with Crippen molar-refractivity contribution in [1.82, 2.24) is 14.5 Å². The molecule has 0 aliphatic carbocycles. The molecule has 0 bridgehead atoms. The Labute approximate surface area is 137 Å². The molecule has 1 aromatic heterocycles. The molecule has 23 heavy (non-hydrogen) atoms. The minimum atomic E-state index is 0.0514. The first-order chi connectivity index (χ1) is 10.9. The fraction of sp³-hybridized carbons (Fsp3) is 0.444. The Morgan fingerprint density at radius 2 is 1.87 bits per heavy atom. The number of fused-ring (bicyclic) bond motifs is 1. The Morgan fingerprint density at radius 1 is 1.13 bits per heavy atom. The van der Waals surface area contributed by atoms with Crippen LogP contribution in [-0.2, 0) is 6.67 Å². The van der Waals surface area contributed by atoms with E-state index in [9.17, 15) is 4.79 Å². The summed E-state index contributed by atoms with van der Waals surface area (Å²) in [5.41, 5.74) is 3.84. The largest absolute Gasteiger partial charge is 0.298 e. The Bertz CT molecular complexity index is 794. The first-order valence-electron chi connectivity index (χ1n) is 8.04. The lowest BCUT2D eigenvalue weighted by atomic mass is 10.2. The van der Waals surface area contributed by atoms with Gasteiger partial charge in [-0.2, -0.15) is 0 Å². The van der Waals surface area contributed by atoms with Crippen LogP contribution in [0.1, 0.15) is 30.7 Å². The van der Waals surface area contributed by atoms with Gasteiger partial charge in [0.25, 0.3) is 5.56 Å². The predicted molar refractivity (Wildman–Crippen MR) is 93.1 cm³/mol. The van der Waals surface area contributed by atoms with Crippen LogP contribution in [0.4, 0.5) is 11.6 Å². The SMILES string of the molecule is Cc1cccc(N2CN(C(C)C)Cn3c2nc(C)c(C)c3=O)c1. The normalized spacial score (nSPS) is 15.1. The lowest BCUT2D eigenvalue weighted by Crippen LogP contribution is -2.50. The second-order valence-corrected chi connectivity index (χ2v) is 6.59. The molecule has 0 N–H and O–H groups in total. The van der Waals surface area contributed by atoms with Crippen molar-refractivity contribution in [3.8, 4) is 0 Å². The van der Waals surface area contributed by atoms with Gasteiger partial charge < -0.3 is 0 Å². The molecule has 0 saturated heterocycles. The molecule has 5 nitrogen and oxygen atoms in total. The Balaban J connectivity index is 2.19. The molecular weight excluding hydrogens is 288 g/mol. The van der Waals surface area contributed by atoms with Gasteiger partial charge in [-0.3, -0.25) is 19.2 Å². The number of hydrogen-bond acceptors (Lipinski definition) is 4. The van der Waals surface area contributed by atoms with Crippen molar-refractivity contribution in [2.75, 3.05) is 11.6 Å². The van der Waals surface area contributed by atoms with E-state index in [1.807, 2.05) is 19.9 Å². The first kappa shape index (κ1) is 15.7. The van der Waals surface area contributed by atoms with E-state index >= 15 is 0 Å². The van der Waals surface area contributed by atoms with Gasteiger partial charge in [-0.15, -0.1) is 0 Å². The zero-order chi connectivity index (χ0) is 16.7. The Kier molecular flexibility index (Phi) is 3.98. The molecule has 2 aromatic rings.